The molecule has 0 bridgehead atoms. The molecule has 0 N–H and O–H groups in total. The topological polar surface area (TPSA) is 9.23 Å². The molecule has 0 amide bonds. The van der Waals surface area contributed by atoms with Crippen LogP contribution in [0.2, 0.25) is 0 Å². The Morgan fingerprint density at radius 2 is 1.78 bits per heavy atom. The van der Waals surface area contributed by atoms with Gasteiger partial charge in [0.2, 0.25) is 0 Å². The molecule has 1 rings (SSSR count). The van der Waals surface area contributed by atoms with E-state index in [0.29, 0.717) is 18.3 Å². The van der Waals surface area contributed by atoms with E-state index in [-0.39, 0.29) is 51.4 Å². The first-order chi connectivity index (χ1) is 7.97. The summed E-state index contributed by atoms with van der Waals surface area (Å²) in [5.41, 5.74) is -0.605. The molecule has 0 saturated heterocycles. The van der Waals surface area contributed by atoms with Gasteiger partial charge in [0, 0.05) is 0 Å². The molecule has 0 radical (unpaired) electrons. The van der Waals surface area contributed by atoms with E-state index in [1.807, 2.05) is 13.8 Å². The molecule has 0 spiro atoms. The molecule has 6 heteroatoms. The van der Waals surface area contributed by atoms with Crippen LogP contribution in [0.25, 0.3) is 0 Å². The first-order valence-electron chi connectivity index (χ1n) is 5.90. The van der Waals surface area contributed by atoms with Crippen molar-refractivity contribution in [3.05, 3.63) is 24.3 Å². The normalized spacial score (nSPS) is 11.2. The summed E-state index contributed by atoms with van der Waals surface area (Å²) < 4.78 is 42.9. The second kappa shape index (κ2) is 8.64. The van der Waals surface area contributed by atoms with Gasteiger partial charge in [0.1, 0.15) is 5.75 Å². The van der Waals surface area contributed by atoms with E-state index in [1.165, 1.54) is 6.07 Å². The van der Waals surface area contributed by atoms with E-state index < -0.39 is 12.4 Å². The van der Waals surface area contributed by atoms with Gasteiger partial charge in [0.15, 0.2) is 0 Å². The maximum absolute atomic E-state index is 12.5. The zero-order valence-corrected chi connectivity index (χ0v) is 14.3. The van der Waals surface area contributed by atoms with Gasteiger partial charge in [-0.1, -0.05) is 38.8 Å². The molecule has 0 aliphatic rings. The number of hydrogen-bond donors (Lipinski definition) is 0. The van der Waals surface area contributed by atoms with Gasteiger partial charge >= 0.3 is 58.4 Å². The van der Waals surface area contributed by atoms with Crippen molar-refractivity contribution >= 4 is 12.4 Å². The van der Waals surface area contributed by atoms with Crippen molar-refractivity contribution in [2.75, 3.05) is 6.61 Å². The summed E-state index contributed by atoms with van der Waals surface area (Å²) in [4.78, 5) is 0. The molecule has 0 fully saturated rings. The average molecular weight is 284 g/mol. The number of hydrogen-bond acceptors (Lipinski definition) is 1. The Bertz CT molecular complexity index is 353. The zero-order valence-electron chi connectivity index (χ0n) is 11.1. The molecule has 1 aromatic carbocycles. The van der Waals surface area contributed by atoms with Crippen molar-refractivity contribution in [1.82, 2.24) is 0 Å². The van der Waals surface area contributed by atoms with Gasteiger partial charge in [-0.3, -0.25) is 0 Å². The largest absolute Gasteiger partial charge is 1.00 e. The first kappa shape index (κ1) is 18.5. The summed E-state index contributed by atoms with van der Waals surface area (Å²) in [7, 11) is 0. The number of ether oxygens (including phenoxy) is 1. The molecule has 0 unspecified atom stereocenters. The minimum Gasteiger partial charge on any atom is -0.493 e. The number of rotatable bonds is 6. The van der Waals surface area contributed by atoms with E-state index in [4.69, 9.17) is 4.74 Å². The molecule has 0 heterocycles. The van der Waals surface area contributed by atoms with Gasteiger partial charge in [-0.2, -0.15) is 0 Å². The maximum atomic E-state index is 12.5. The van der Waals surface area contributed by atoms with Gasteiger partial charge in [0.05, 0.1) is 6.61 Å². The fraction of sp³-hybridized carbons (Fsp3) is 0.500. The summed E-state index contributed by atoms with van der Waals surface area (Å²) in [6.07, 6.45) is 1.94. The Morgan fingerprint density at radius 3 is 2.28 bits per heavy atom. The van der Waals surface area contributed by atoms with Crippen molar-refractivity contribution < 1.29 is 69.1 Å². The fourth-order valence-electron chi connectivity index (χ4n) is 1.55. The van der Waals surface area contributed by atoms with Crippen LogP contribution in [0.4, 0.5) is 12.9 Å². The molecular weight excluding hydrogens is 267 g/mol. The predicted molar refractivity (Wildman–Crippen MR) is 64.7 cm³/mol. The van der Waals surface area contributed by atoms with E-state index in [9.17, 15) is 12.9 Å². The van der Waals surface area contributed by atoms with Gasteiger partial charge in [0.25, 0.3) is 0 Å². The van der Waals surface area contributed by atoms with Crippen molar-refractivity contribution in [3.8, 4) is 5.75 Å². The first-order valence-corrected chi connectivity index (χ1v) is 5.90. The second-order valence-electron chi connectivity index (χ2n) is 4.14. The van der Waals surface area contributed by atoms with Crippen LogP contribution in [0, 0.1) is 5.92 Å². The number of halogens is 3. The molecule has 0 aliphatic heterocycles. The van der Waals surface area contributed by atoms with E-state index in [1.54, 1.807) is 6.07 Å². The second-order valence-corrected chi connectivity index (χ2v) is 4.14. The summed E-state index contributed by atoms with van der Waals surface area (Å²) in [5, 5.41) is 0. The monoisotopic (exact) mass is 284 g/mol. The molecule has 1 nitrogen and oxygen atoms in total. The fourth-order valence-corrected chi connectivity index (χ4v) is 1.55. The molecule has 0 aromatic heterocycles. The van der Waals surface area contributed by atoms with Gasteiger partial charge in [-0.25, -0.2) is 0 Å². The number of benzene rings is 1. The maximum Gasteiger partial charge on any atom is 1.00 e. The van der Waals surface area contributed by atoms with Gasteiger partial charge in [-0.05, 0) is 18.1 Å². The van der Waals surface area contributed by atoms with Crippen LogP contribution < -0.4 is 61.6 Å². The van der Waals surface area contributed by atoms with Gasteiger partial charge < -0.3 is 17.7 Å². The molecule has 18 heavy (non-hydrogen) atoms. The molecule has 0 saturated carbocycles. The Balaban J connectivity index is 0.00000289. The van der Waals surface area contributed by atoms with Crippen LogP contribution >= 0.6 is 0 Å². The van der Waals surface area contributed by atoms with Crippen LogP contribution in [0.3, 0.4) is 0 Å². The molecule has 1 aromatic rings. The molecular formula is C12H17BF3KO. The summed E-state index contributed by atoms with van der Waals surface area (Å²) in [6.45, 7) is -0.374. The predicted octanol–water partition coefficient (Wildman–Crippen LogP) is 0.560. The van der Waals surface area contributed by atoms with Crippen LogP contribution in [0.15, 0.2) is 24.3 Å². The van der Waals surface area contributed by atoms with E-state index >= 15 is 0 Å². The third-order valence-electron chi connectivity index (χ3n) is 2.88. The van der Waals surface area contributed by atoms with Crippen molar-refractivity contribution in [1.29, 1.82) is 0 Å². The van der Waals surface area contributed by atoms with Crippen LogP contribution in [0.5, 0.6) is 5.75 Å². The molecule has 0 aliphatic carbocycles. The standard InChI is InChI=1S/C12H17BF3O.K/c1-3-10(4-2)9-17-12-7-5-6-11(8-12)13(14,15)16;/h5-8,10H,3-4,9H2,1-2H3;/q-1;+1. The van der Waals surface area contributed by atoms with Crippen LogP contribution in [-0.2, 0) is 0 Å². The van der Waals surface area contributed by atoms with Crippen LogP contribution in [-0.4, -0.2) is 13.6 Å². The third-order valence-corrected chi connectivity index (χ3v) is 2.88. The van der Waals surface area contributed by atoms with Gasteiger partial charge in [-0.15, -0.1) is 5.46 Å². The van der Waals surface area contributed by atoms with Crippen molar-refractivity contribution in [2.45, 2.75) is 26.7 Å². The van der Waals surface area contributed by atoms with E-state index in [2.05, 4.69) is 0 Å². The van der Waals surface area contributed by atoms with Crippen molar-refractivity contribution in [2.24, 2.45) is 5.92 Å². The van der Waals surface area contributed by atoms with E-state index in [0.717, 1.165) is 25.0 Å². The summed E-state index contributed by atoms with van der Waals surface area (Å²) >= 11 is 0. The minimum atomic E-state index is -4.94. The molecule has 0 atom stereocenters. The average Bonchev–Trinajstić information content (AvgIpc) is 2.30. The third kappa shape index (κ3) is 6.10. The Hall–Kier alpha value is 0.511. The minimum absolute atomic E-state index is 0. The van der Waals surface area contributed by atoms with Crippen LogP contribution in [0.1, 0.15) is 26.7 Å². The zero-order chi connectivity index (χ0) is 12.9. The summed E-state index contributed by atoms with van der Waals surface area (Å²) in [6, 6.07) is 5.09. The molecule has 96 valence electrons. The smallest absolute Gasteiger partial charge is 0.493 e. The van der Waals surface area contributed by atoms with Crippen molar-refractivity contribution in [3.63, 3.8) is 0 Å². The quantitative estimate of drug-likeness (QED) is 0.694. The SMILES string of the molecule is CCC(CC)COc1cccc([B-](F)(F)F)c1.[K+]. The summed E-state index contributed by atoms with van der Waals surface area (Å²) in [5.74, 6) is 0.698. The Labute approximate surface area is 149 Å². The Morgan fingerprint density at radius 1 is 1.17 bits per heavy atom. The Kier molecular flexibility index (Phi) is 8.88.